The minimum atomic E-state index is -4.03. The molecular weight excluding hydrogens is 423 g/mol. The number of nitrogens with one attached hydrogen (secondary N) is 1. The van der Waals surface area contributed by atoms with Gasteiger partial charge in [-0.3, -0.25) is 9.48 Å². The van der Waals surface area contributed by atoms with E-state index < -0.39 is 26.6 Å². The molecule has 1 aromatic carbocycles. The fourth-order valence-corrected chi connectivity index (χ4v) is 4.62. The number of rotatable bonds is 5. The average Bonchev–Trinajstić information content (AvgIpc) is 2.93. The lowest BCUT2D eigenvalue weighted by Crippen LogP contribution is -2.40. The van der Waals surface area contributed by atoms with Crippen LogP contribution in [-0.2, 0) is 26.6 Å². The Morgan fingerprint density at radius 2 is 2.03 bits per heavy atom. The normalized spacial score (nSPS) is 15.7. The third kappa shape index (κ3) is 4.67. The fraction of sp³-hybridized carbons (Fsp3) is 0.333. The summed E-state index contributed by atoms with van der Waals surface area (Å²) in [7, 11) is -2.35. The molecule has 1 aliphatic rings. The largest absolute Gasteiger partial charge is 0.379 e. The van der Waals surface area contributed by atoms with Gasteiger partial charge in [0.05, 0.1) is 18.9 Å². The second-order valence-corrected chi connectivity index (χ2v) is 8.66. The van der Waals surface area contributed by atoms with Gasteiger partial charge in [0, 0.05) is 37.5 Å². The monoisotopic (exact) mass is 442 g/mol. The predicted molar refractivity (Wildman–Crippen MR) is 107 cm³/mol. The van der Waals surface area contributed by atoms with E-state index in [1.807, 2.05) is 0 Å². The molecule has 0 bridgehead atoms. The van der Waals surface area contributed by atoms with E-state index >= 15 is 0 Å². The van der Waals surface area contributed by atoms with Crippen LogP contribution in [0, 0.1) is 12.7 Å². The zero-order valence-electron chi connectivity index (χ0n) is 15.9. The molecule has 2 aromatic rings. The van der Waals surface area contributed by atoms with Crippen molar-refractivity contribution in [2.24, 2.45) is 7.05 Å². The Labute approximate surface area is 172 Å². The number of morpholine rings is 1. The maximum Gasteiger partial charge on any atom is 0.248 e. The Balaban J connectivity index is 1.79. The second-order valence-electron chi connectivity index (χ2n) is 6.40. The van der Waals surface area contributed by atoms with Crippen molar-refractivity contribution in [1.29, 1.82) is 0 Å². The molecule has 1 amide bonds. The van der Waals surface area contributed by atoms with E-state index in [0.717, 1.165) is 16.4 Å². The number of halogens is 2. The molecule has 0 spiro atoms. The van der Waals surface area contributed by atoms with Gasteiger partial charge in [-0.25, -0.2) is 12.8 Å². The van der Waals surface area contributed by atoms with Crippen molar-refractivity contribution in [3.8, 4) is 0 Å². The van der Waals surface area contributed by atoms with Crippen LogP contribution in [0.4, 0.5) is 10.1 Å². The van der Waals surface area contributed by atoms with E-state index in [4.69, 9.17) is 16.3 Å². The first-order valence-corrected chi connectivity index (χ1v) is 10.6. The summed E-state index contributed by atoms with van der Waals surface area (Å²) in [5.41, 5.74) is 1.41. The van der Waals surface area contributed by atoms with Gasteiger partial charge in [-0.1, -0.05) is 11.6 Å². The first kappa shape index (κ1) is 21.4. The summed E-state index contributed by atoms with van der Waals surface area (Å²) in [4.78, 5) is 11.7. The molecule has 8 nitrogen and oxygen atoms in total. The van der Waals surface area contributed by atoms with E-state index in [9.17, 15) is 17.6 Å². The maximum atomic E-state index is 14.2. The molecule has 1 aromatic heterocycles. The topological polar surface area (TPSA) is 93.5 Å². The van der Waals surface area contributed by atoms with Crippen molar-refractivity contribution in [2.45, 2.75) is 11.8 Å². The number of nitrogens with zero attached hydrogens (tertiary/aromatic N) is 3. The first-order valence-electron chi connectivity index (χ1n) is 8.76. The molecule has 1 fully saturated rings. The summed E-state index contributed by atoms with van der Waals surface area (Å²) in [5, 5.41) is 7.06. The molecular formula is C18H20ClFN4O4S. The number of anilines is 1. The Morgan fingerprint density at radius 3 is 2.66 bits per heavy atom. The van der Waals surface area contributed by atoms with Crippen LogP contribution in [0.15, 0.2) is 29.2 Å². The molecule has 0 saturated carbocycles. The Kier molecular flexibility index (Phi) is 6.37. The van der Waals surface area contributed by atoms with E-state index in [2.05, 4.69) is 10.4 Å². The van der Waals surface area contributed by atoms with Gasteiger partial charge < -0.3 is 10.1 Å². The number of hydrogen-bond acceptors (Lipinski definition) is 5. The van der Waals surface area contributed by atoms with E-state index in [-0.39, 0.29) is 32.0 Å². The van der Waals surface area contributed by atoms with Gasteiger partial charge in [-0.2, -0.15) is 9.40 Å². The molecule has 1 saturated heterocycles. The maximum absolute atomic E-state index is 14.2. The highest BCUT2D eigenvalue weighted by atomic mass is 35.5. The Bertz CT molecular complexity index is 1060. The van der Waals surface area contributed by atoms with Crippen molar-refractivity contribution < 1.29 is 22.3 Å². The number of carbonyl (C=O) groups is 1. The highest BCUT2D eigenvalue weighted by molar-refractivity contribution is 7.89. The van der Waals surface area contributed by atoms with Crippen LogP contribution < -0.4 is 5.32 Å². The number of amides is 1. The van der Waals surface area contributed by atoms with Gasteiger partial charge in [0.2, 0.25) is 15.9 Å². The molecule has 29 heavy (non-hydrogen) atoms. The summed E-state index contributed by atoms with van der Waals surface area (Å²) in [5.74, 6) is -1.41. The van der Waals surface area contributed by atoms with Crippen LogP contribution in [0.5, 0.6) is 0 Å². The molecule has 156 valence electrons. The molecule has 11 heteroatoms. The number of aromatic nitrogens is 2. The Hall–Kier alpha value is -2.27. The van der Waals surface area contributed by atoms with Gasteiger partial charge >= 0.3 is 0 Å². The van der Waals surface area contributed by atoms with Crippen molar-refractivity contribution in [3.63, 3.8) is 0 Å². The van der Waals surface area contributed by atoms with Gasteiger partial charge in [0.25, 0.3) is 0 Å². The average molecular weight is 443 g/mol. The smallest absolute Gasteiger partial charge is 0.248 e. The highest BCUT2D eigenvalue weighted by Crippen LogP contribution is 2.24. The van der Waals surface area contributed by atoms with Crippen LogP contribution in [0.3, 0.4) is 0 Å². The molecule has 1 N–H and O–H groups in total. The quantitative estimate of drug-likeness (QED) is 0.716. The van der Waals surface area contributed by atoms with Crippen molar-refractivity contribution in [2.75, 3.05) is 31.6 Å². The van der Waals surface area contributed by atoms with E-state index in [0.29, 0.717) is 16.4 Å². The number of ether oxygens (including phenoxy) is 1. The fourth-order valence-electron chi connectivity index (χ4n) is 2.88. The lowest BCUT2D eigenvalue weighted by Gasteiger charge is -2.26. The van der Waals surface area contributed by atoms with Crippen molar-refractivity contribution >= 4 is 39.3 Å². The number of carbonyl (C=O) groups excluding carboxylic acids is 1. The number of sulfonamides is 1. The lowest BCUT2D eigenvalue weighted by molar-refractivity contribution is -0.111. The summed E-state index contributed by atoms with van der Waals surface area (Å²) in [6, 6.07) is 3.41. The third-order valence-electron chi connectivity index (χ3n) is 4.38. The lowest BCUT2D eigenvalue weighted by atomic mass is 10.2. The first-order chi connectivity index (χ1) is 13.7. The minimum Gasteiger partial charge on any atom is -0.379 e. The van der Waals surface area contributed by atoms with Gasteiger partial charge in [-0.15, -0.1) is 0 Å². The summed E-state index contributed by atoms with van der Waals surface area (Å²) < 4.78 is 47.4. The highest BCUT2D eigenvalue weighted by Gasteiger charge is 2.29. The third-order valence-corrected chi connectivity index (χ3v) is 6.75. The SMILES string of the molecule is Cc1nn(C)c(Cl)c1/C=C/C(=O)Nc1ccc(F)c(S(=O)(=O)N2CCOCC2)c1. The van der Waals surface area contributed by atoms with Crippen LogP contribution in [0.2, 0.25) is 5.15 Å². The molecule has 3 rings (SSSR count). The number of aryl methyl sites for hydroxylation is 2. The molecule has 0 aliphatic carbocycles. The van der Waals surface area contributed by atoms with Crippen LogP contribution in [-0.4, -0.2) is 54.7 Å². The van der Waals surface area contributed by atoms with Gasteiger partial charge in [-0.05, 0) is 31.2 Å². The second kappa shape index (κ2) is 8.62. The van der Waals surface area contributed by atoms with Crippen molar-refractivity contribution in [1.82, 2.24) is 14.1 Å². The Morgan fingerprint density at radius 1 is 1.34 bits per heavy atom. The predicted octanol–water partition coefficient (Wildman–Crippen LogP) is 2.19. The van der Waals surface area contributed by atoms with E-state index in [1.165, 1.54) is 22.9 Å². The summed E-state index contributed by atoms with van der Waals surface area (Å²) >= 11 is 6.12. The van der Waals surface area contributed by atoms with Crippen LogP contribution in [0.1, 0.15) is 11.3 Å². The van der Waals surface area contributed by atoms with Crippen molar-refractivity contribution in [3.05, 3.63) is 46.5 Å². The molecule has 0 unspecified atom stereocenters. The van der Waals surface area contributed by atoms with Gasteiger partial charge in [0.15, 0.2) is 0 Å². The molecule has 0 atom stereocenters. The van der Waals surface area contributed by atoms with E-state index in [1.54, 1.807) is 14.0 Å². The van der Waals surface area contributed by atoms with Crippen LogP contribution >= 0.6 is 11.6 Å². The zero-order chi connectivity index (χ0) is 21.2. The standard InChI is InChI=1S/C18H20ClFN4O4S/c1-12-14(18(19)23(2)22-12)4-6-17(25)21-13-3-5-15(20)16(11-13)29(26,27)24-7-9-28-10-8-24/h3-6,11H,7-10H2,1-2H3,(H,21,25)/b6-4+. The zero-order valence-corrected chi connectivity index (χ0v) is 17.4. The number of hydrogen-bond donors (Lipinski definition) is 1. The minimum absolute atomic E-state index is 0.145. The van der Waals surface area contributed by atoms with Gasteiger partial charge in [0.1, 0.15) is 15.9 Å². The summed E-state index contributed by atoms with van der Waals surface area (Å²) in [6.45, 7) is 2.54. The molecule has 0 radical (unpaired) electrons. The number of benzene rings is 1. The van der Waals surface area contributed by atoms with Crippen LogP contribution in [0.25, 0.3) is 6.08 Å². The summed E-state index contributed by atoms with van der Waals surface area (Å²) in [6.07, 6.45) is 2.75. The molecule has 2 heterocycles. The molecule has 1 aliphatic heterocycles.